The van der Waals surface area contributed by atoms with Crippen LogP contribution in [0.1, 0.15) is 6.92 Å². The number of nitrogens with zero attached hydrogens (tertiary/aromatic N) is 1. The maximum atomic E-state index is 11.0. The van der Waals surface area contributed by atoms with Gasteiger partial charge in [-0.05, 0) is 6.92 Å². The number of rotatable bonds is 2. The van der Waals surface area contributed by atoms with Gasteiger partial charge in [0, 0.05) is 12.4 Å². The van der Waals surface area contributed by atoms with Crippen molar-refractivity contribution in [1.82, 2.24) is 9.97 Å². The molecule has 11 heavy (non-hydrogen) atoms. The highest BCUT2D eigenvalue weighted by molar-refractivity contribution is 7.81. The normalized spacial score (nSPS) is 12.5. The van der Waals surface area contributed by atoms with Crippen molar-refractivity contribution in [3.63, 3.8) is 0 Å². The number of thiol groups is 1. The van der Waals surface area contributed by atoms with Crippen molar-refractivity contribution in [3.05, 3.63) is 12.4 Å². The maximum absolute atomic E-state index is 11.0. The van der Waals surface area contributed by atoms with Crippen LogP contribution < -0.4 is 5.32 Å². The molecule has 1 atom stereocenters. The summed E-state index contributed by atoms with van der Waals surface area (Å²) >= 11 is 3.95. The molecule has 60 valence electrons. The molecule has 1 unspecified atom stereocenters. The van der Waals surface area contributed by atoms with Gasteiger partial charge in [0.25, 0.3) is 0 Å². The number of aromatic nitrogens is 2. The standard InChI is InChI=1S/C6H9N3OS/c1-4(11)5(10)9-6-7-2-3-8-6/h2-4,11H,1H3,(H2,7,8,9,10). The van der Waals surface area contributed by atoms with Crippen molar-refractivity contribution in [2.45, 2.75) is 12.2 Å². The average molecular weight is 171 g/mol. The van der Waals surface area contributed by atoms with Gasteiger partial charge in [0.15, 0.2) is 0 Å². The van der Waals surface area contributed by atoms with E-state index < -0.39 is 0 Å². The molecule has 1 aromatic rings. The van der Waals surface area contributed by atoms with Crippen molar-refractivity contribution >= 4 is 24.5 Å². The summed E-state index contributed by atoms with van der Waals surface area (Å²) in [6.07, 6.45) is 3.21. The Bertz CT molecular complexity index is 232. The number of anilines is 1. The fourth-order valence-electron chi connectivity index (χ4n) is 0.555. The quantitative estimate of drug-likeness (QED) is 0.573. The van der Waals surface area contributed by atoms with E-state index in [1.54, 1.807) is 19.3 Å². The number of hydrogen-bond acceptors (Lipinski definition) is 3. The van der Waals surface area contributed by atoms with Crippen molar-refractivity contribution in [2.24, 2.45) is 0 Å². The van der Waals surface area contributed by atoms with Crippen LogP contribution in [-0.4, -0.2) is 21.1 Å². The van der Waals surface area contributed by atoms with E-state index in [-0.39, 0.29) is 11.2 Å². The zero-order valence-corrected chi connectivity index (χ0v) is 6.93. The van der Waals surface area contributed by atoms with Crippen LogP contribution in [0.3, 0.4) is 0 Å². The minimum absolute atomic E-state index is 0.164. The molecule has 1 heterocycles. The number of amides is 1. The lowest BCUT2D eigenvalue weighted by atomic mass is 10.4. The summed E-state index contributed by atoms with van der Waals surface area (Å²) in [6, 6.07) is 0. The maximum Gasteiger partial charge on any atom is 0.239 e. The number of aromatic amines is 1. The number of hydrogen-bond donors (Lipinski definition) is 3. The number of carbonyl (C=O) groups is 1. The summed E-state index contributed by atoms with van der Waals surface area (Å²) in [7, 11) is 0. The molecule has 0 aliphatic rings. The number of nitrogens with one attached hydrogen (secondary N) is 2. The van der Waals surface area contributed by atoms with Gasteiger partial charge >= 0.3 is 0 Å². The van der Waals surface area contributed by atoms with Crippen LogP contribution in [0.2, 0.25) is 0 Å². The Kier molecular flexibility index (Phi) is 2.53. The van der Waals surface area contributed by atoms with Crippen molar-refractivity contribution < 1.29 is 4.79 Å². The number of imidazole rings is 1. The molecule has 0 aliphatic carbocycles. The molecular weight excluding hydrogens is 162 g/mol. The molecule has 0 aromatic carbocycles. The summed E-state index contributed by atoms with van der Waals surface area (Å²) in [5, 5.41) is 2.22. The first kappa shape index (κ1) is 8.13. The van der Waals surface area contributed by atoms with Gasteiger partial charge in [-0.3, -0.25) is 10.1 Å². The van der Waals surface area contributed by atoms with Crippen LogP contribution >= 0.6 is 12.6 Å². The van der Waals surface area contributed by atoms with Crippen molar-refractivity contribution in [2.75, 3.05) is 5.32 Å². The van der Waals surface area contributed by atoms with E-state index in [1.807, 2.05) is 0 Å². The van der Waals surface area contributed by atoms with Crippen LogP contribution in [-0.2, 0) is 4.79 Å². The summed E-state index contributed by atoms with van der Waals surface area (Å²) in [5.41, 5.74) is 0. The molecule has 4 nitrogen and oxygen atoms in total. The fourth-order valence-corrected chi connectivity index (χ4v) is 0.619. The minimum atomic E-state index is -0.319. The SMILES string of the molecule is CC(S)C(=O)Nc1ncc[nH]1. The molecule has 0 radical (unpaired) electrons. The largest absolute Gasteiger partial charge is 0.331 e. The molecule has 0 fully saturated rings. The predicted molar refractivity (Wildman–Crippen MR) is 45.7 cm³/mol. The number of H-pyrrole nitrogens is 1. The zero-order chi connectivity index (χ0) is 8.27. The smallest absolute Gasteiger partial charge is 0.239 e. The Morgan fingerprint density at radius 2 is 2.64 bits per heavy atom. The van der Waals surface area contributed by atoms with Gasteiger partial charge in [-0.2, -0.15) is 12.6 Å². The second-order valence-corrected chi connectivity index (χ2v) is 2.88. The monoisotopic (exact) mass is 171 g/mol. The van der Waals surface area contributed by atoms with E-state index in [0.717, 1.165) is 0 Å². The molecule has 0 bridgehead atoms. The van der Waals surface area contributed by atoms with E-state index in [9.17, 15) is 4.79 Å². The molecular formula is C6H9N3OS. The van der Waals surface area contributed by atoms with Gasteiger partial charge in [-0.25, -0.2) is 4.98 Å². The molecule has 2 N–H and O–H groups in total. The van der Waals surface area contributed by atoms with Gasteiger partial charge in [0.2, 0.25) is 11.9 Å². The Labute approximate surface area is 69.8 Å². The van der Waals surface area contributed by atoms with E-state index in [4.69, 9.17) is 0 Å². The molecule has 0 aliphatic heterocycles. The third kappa shape index (κ3) is 2.27. The lowest BCUT2D eigenvalue weighted by Crippen LogP contribution is -2.20. The predicted octanol–water partition coefficient (Wildman–Crippen LogP) is 0.666. The average Bonchev–Trinajstić information content (AvgIpc) is 2.39. The van der Waals surface area contributed by atoms with Gasteiger partial charge in [0.05, 0.1) is 5.25 Å². The lowest BCUT2D eigenvalue weighted by Gasteiger charge is -2.02. The van der Waals surface area contributed by atoms with Crippen LogP contribution in [0, 0.1) is 0 Å². The van der Waals surface area contributed by atoms with E-state index in [0.29, 0.717) is 5.95 Å². The summed E-state index contributed by atoms with van der Waals surface area (Å²) in [6.45, 7) is 1.70. The highest BCUT2D eigenvalue weighted by Gasteiger charge is 2.07. The second-order valence-electron chi connectivity index (χ2n) is 2.10. The number of carbonyl (C=O) groups excluding carboxylic acids is 1. The molecule has 1 aromatic heterocycles. The minimum Gasteiger partial charge on any atom is -0.331 e. The first-order valence-electron chi connectivity index (χ1n) is 3.18. The third-order valence-corrected chi connectivity index (χ3v) is 1.35. The first-order chi connectivity index (χ1) is 5.20. The Morgan fingerprint density at radius 1 is 1.91 bits per heavy atom. The Balaban J connectivity index is 2.50. The fraction of sp³-hybridized carbons (Fsp3) is 0.333. The topological polar surface area (TPSA) is 57.8 Å². The Hall–Kier alpha value is -0.970. The Morgan fingerprint density at radius 3 is 3.09 bits per heavy atom. The van der Waals surface area contributed by atoms with Crippen LogP contribution in [0.15, 0.2) is 12.4 Å². The highest BCUT2D eigenvalue weighted by Crippen LogP contribution is 1.99. The van der Waals surface area contributed by atoms with Gasteiger partial charge in [-0.15, -0.1) is 0 Å². The second kappa shape index (κ2) is 3.43. The van der Waals surface area contributed by atoms with Crippen molar-refractivity contribution in [3.8, 4) is 0 Å². The summed E-state index contributed by atoms with van der Waals surface area (Å²) in [4.78, 5) is 17.5. The van der Waals surface area contributed by atoms with E-state index >= 15 is 0 Å². The van der Waals surface area contributed by atoms with Gasteiger partial charge in [-0.1, -0.05) is 0 Å². The third-order valence-electron chi connectivity index (χ3n) is 1.12. The summed E-state index contributed by atoms with van der Waals surface area (Å²) in [5.74, 6) is 0.291. The first-order valence-corrected chi connectivity index (χ1v) is 3.70. The molecule has 0 saturated heterocycles. The summed E-state index contributed by atoms with van der Waals surface area (Å²) < 4.78 is 0. The molecule has 0 saturated carbocycles. The molecule has 1 amide bonds. The van der Waals surface area contributed by atoms with Crippen LogP contribution in [0.25, 0.3) is 0 Å². The van der Waals surface area contributed by atoms with Crippen LogP contribution in [0.5, 0.6) is 0 Å². The lowest BCUT2D eigenvalue weighted by molar-refractivity contribution is -0.115. The van der Waals surface area contributed by atoms with Gasteiger partial charge in [0.1, 0.15) is 0 Å². The molecule has 5 heteroatoms. The van der Waals surface area contributed by atoms with E-state index in [1.165, 1.54) is 0 Å². The van der Waals surface area contributed by atoms with Crippen LogP contribution in [0.4, 0.5) is 5.95 Å². The van der Waals surface area contributed by atoms with Gasteiger partial charge < -0.3 is 4.98 Å². The highest BCUT2D eigenvalue weighted by atomic mass is 32.1. The molecule has 0 spiro atoms. The molecule has 1 rings (SSSR count). The van der Waals surface area contributed by atoms with Crippen molar-refractivity contribution in [1.29, 1.82) is 0 Å². The van der Waals surface area contributed by atoms with E-state index in [2.05, 4.69) is 27.9 Å². The zero-order valence-electron chi connectivity index (χ0n) is 6.03.